The molecule has 0 radical (unpaired) electrons. The molecule has 0 saturated heterocycles. The average molecular weight is 434 g/mol. The van der Waals surface area contributed by atoms with Crippen molar-refractivity contribution in [1.29, 1.82) is 0 Å². The van der Waals surface area contributed by atoms with E-state index in [-0.39, 0.29) is 17.2 Å². The van der Waals surface area contributed by atoms with Crippen LogP contribution in [-0.2, 0) is 9.53 Å². The molecule has 0 aliphatic heterocycles. The van der Waals surface area contributed by atoms with Gasteiger partial charge in [0.1, 0.15) is 0 Å². The first kappa shape index (κ1) is 21.0. The van der Waals surface area contributed by atoms with E-state index in [0.717, 1.165) is 5.56 Å². The average Bonchev–Trinajstić information content (AvgIpc) is 2.62. The highest BCUT2D eigenvalue weighted by Crippen LogP contribution is 2.42. The maximum absolute atomic E-state index is 13.1. The monoisotopic (exact) mass is 432 g/mol. The second kappa shape index (κ2) is 8.62. The molecule has 26 heavy (non-hydrogen) atoms. The van der Waals surface area contributed by atoms with Crippen molar-refractivity contribution in [2.75, 3.05) is 6.61 Å². The maximum atomic E-state index is 13.1. The number of aryl methyl sites for hydroxylation is 1. The van der Waals surface area contributed by atoms with E-state index < -0.39 is 22.0 Å². The number of hydrogen-bond acceptors (Lipinski definition) is 3. The second-order valence-electron chi connectivity index (χ2n) is 5.67. The highest BCUT2D eigenvalue weighted by molar-refractivity contribution is 6.52. The molecule has 2 aromatic carbocycles. The molecule has 0 saturated carbocycles. The third kappa shape index (κ3) is 4.17. The number of ketones is 1. The van der Waals surface area contributed by atoms with Gasteiger partial charge in [0.05, 0.1) is 22.0 Å². The summed E-state index contributed by atoms with van der Waals surface area (Å²) in [5, 5.41) is -0.660. The van der Waals surface area contributed by atoms with Crippen LogP contribution in [0.3, 0.4) is 0 Å². The van der Waals surface area contributed by atoms with Gasteiger partial charge in [-0.3, -0.25) is 4.79 Å². The third-order valence-electron chi connectivity index (χ3n) is 3.77. The summed E-state index contributed by atoms with van der Waals surface area (Å²) in [6.45, 7) is 3.50. The van der Waals surface area contributed by atoms with Gasteiger partial charge in [-0.1, -0.05) is 64.6 Å². The van der Waals surface area contributed by atoms with Crippen molar-refractivity contribution < 1.29 is 14.3 Å². The lowest BCUT2D eigenvalue weighted by Crippen LogP contribution is -2.46. The molecule has 2 rings (SSSR count). The molecule has 0 amide bonds. The Hall–Kier alpha value is -1.26. The van der Waals surface area contributed by atoms with Crippen molar-refractivity contribution in [1.82, 2.24) is 0 Å². The molecule has 7 heteroatoms. The Morgan fingerprint density at radius 1 is 1.12 bits per heavy atom. The fourth-order valence-corrected chi connectivity index (χ4v) is 3.36. The van der Waals surface area contributed by atoms with Crippen LogP contribution in [0.15, 0.2) is 42.5 Å². The molecule has 138 valence electrons. The van der Waals surface area contributed by atoms with Crippen LogP contribution < -0.4 is 0 Å². The predicted molar refractivity (Wildman–Crippen MR) is 106 cm³/mol. The van der Waals surface area contributed by atoms with Crippen molar-refractivity contribution in [3.05, 3.63) is 69.2 Å². The first-order chi connectivity index (χ1) is 12.2. The van der Waals surface area contributed by atoms with Crippen molar-refractivity contribution in [3.63, 3.8) is 0 Å². The Morgan fingerprint density at radius 3 is 2.38 bits per heavy atom. The molecule has 2 aromatic rings. The van der Waals surface area contributed by atoms with Crippen molar-refractivity contribution in [2.24, 2.45) is 0 Å². The summed E-state index contributed by atoms with van der Waals surface area (Å²) in [4.78, 5) is 23.6. The fourth-order valence-electron chi connectivity index (χ4n) is 2.44. The summed E-state index contributed by atoms with van der Waals surface area (Å²) in [5.41, 5.74) is 1.49. The number of carbonyl (C=O) groups is 2. The minimum Gasteiger partial charge on any atom is -0.464 e. The molecule has 0 aliphatic carbocycles. The van der Waals surface area contributed by atoms with E-state index in [1.165, 1.54) is 12.1 Å². The van der Waals surface area contributed by atoms with Gasteiger partial charge in [-0.05, 0) is 37.6 Å². The first-order valence-electron chi connectivity index (χ1n) is 7.78. The molecule has 0 spiro atoms. The van der Waals surface area contributed by atoms with E-state index in [4.69, 9.17) is 51.1 Å². The Kier molecular flexibility index (Phi) is 6.98. The minimum absolute atomic E-state index is 0.0549. The number of ether oxygens (including phenoxy) is 1. The second-order valence-corrected chi connectivity index (χ2v) is 7.51. The summed E-state index contributed by atoms with van der Waals surface area (Å²) >= 11 is 25.0. The standard InChI is InChI=1S/C19H16Cl4O3/c1-3-26-18(25)19(23,17(24)13-6-4-5-11(2)9-13)16(22)12-7-8-14(20)15(21)10-12/h4-10,16H,3H2,1-2H3. The van der Waals surface area contributed by atoms with Crippen molar-refractivity contribution >= 4 is 58.2 Å². The van der Waals surface area contributed by atoms with Gasteiger partial charge in [-0.2, -0.15) is 0 Å². The molecular formula is C19H16Cl4O3. The zero-order chi connectivity index (χ0) is 19.5. The third-order valence-corrected chi connectivity index (χ3v) is 5.74. The first-order valence-corrected chi connectivity index (χ1v) is 9.35. The summed E-state index contributed by atoms with van der Waals surface area (Å²) in [7, 11) is 0. The smallest absolute Gasteiger partial charge is 0.337 e. The van der Waals surface area contributed by atoms with Crippen LogP contribution in [0.25, 0.3) is 0 Å². The van der Waals surface area contributed by atoms with E-state index in [9.17, 15) is 9.59 Å². The van der Waals surface area contributed by atoms with Crippen LogP contribution in [0.5, 0.6) is 0 Å². The van der Waals surface area contributed by atoms with Gasteiger partial charge in [0, 0.05) is 5.56 Å². The molecule has 0 N–H and O–H groups in total. The molecule has 0 aliphatic rings. The van der Waals surface area contributed by atoms with Gasteiger partial charge in [-0.25, -0.2) is 4.79 Å². The number of halogens is 4. The molecule has 0 aromatic heterocycles. The number of esters is 1. The Labute approximate surface area is 172 Å². The van der Waals surface area contributed by atoms with Gasteiger partial charge >= 0.3 is 5.97 Å². The van der Waals surface area contributed by atoms with E-state index in [2.05, 4.69) is 0 Å². The van der Waals surface area contributed by atoms with E-state index >= 15 is 0 Å². The zero-order valence-electron chi connectivity index (χ0n) is 14.1. The lowest BCUT2D eigenvalue weighted by atomic mass is 9.89. The quantitative estimate of drug-likeness (QED) is 0.242. The zero-order valence-corrected chi connectivity index (χ0v) is 17.1. The van der Waals surface area contributed by atoms with Crippen LogP contribution >= 0.6 is 46.4 Å². The maximum Gasteiger partial charge on any atom is 0.337 e. The van der Waals surface area contributed by atoms with Gasteiger partial charge in [-0.15, -0.1) is 11.6 Å². The highest BCUT2D eigenvalue weighted by atomic mass is 35.5. The lowest BCUT2D eigenvalue weighted by molar-refractivity contribution is -0.145. The summed E-state index contributed by atoms with van der Waals surface area (Å²) < 4.78 is 5.04. The molecule has 0 bridgehead atoms. The molecule has 0 fully saturated rings. The molecule has 2 unspecified atom stereocenters. The van der Waals surface area contributed by atoms with E-state index in [1.54, 1.807) is 31.2 Å². The normalized spacial score (nSPS) is 14.4. The molecular weight excluding hydrogens is 418 g/mol. The molecule has 2 atom stereocenters. The number of benzene rings is 2. The number of alkyl halides is 2. The number of hydrogen-bond donors (Lipinski definition) is 0. The fraction of sp³-hybridized carbons (Fsp3) is 0.263. The lowest BCUT2D eigenvalue weighted by Gasteiger charge is -2.28. The summed E-state index contributed by atoms with van der Waals surface area (Å²) in [5.74, 6) is -1.56. The van der Waals surface area contributed by atoms with Crippen LogP contribution in [0.4, 0.5) is 0 Å². The minimum atomic E-state index is -2.15. The predicted octanol–water partition coefficient (Wildman–Crippen LogP) is 6.01. The van der Waals surface area contributed by atoms with Crippen LogP contribution in [0, 0.1) is 6.92 Å². The van der Waals surface area contributed by atoms with Crippen LogP contribution in [0.1, 0.15) is 33.8 Å². The number of rotatable bonds is 6. The van der Waals surface area contributed by atoms with Gasteiger partial charge in [0.2, 0.25) is 4.87 Å². The largest absolute Gasteiger partial charge is 0.464 e. The highest BCUT2D eigenvalue weighted by Gasteiger charge is 2.52. The van der Waals surface area contributed by atoms with Crippen molar-refractivity contribution in [2.45, 2.75) is 24.1 Å². The summed E-state index contributed by atoms with van der Waals surface area (Å²) in [6, 6.07) is 11.3. The molecule has 3 nitrogen and oxygen atoms in total. The summed E-state index contributed by atoms with van der Waals surface area (Å²) in [6.07, 6.45) is 0. The molecule has 0 heterocycles. The number of carbonyl (C=O) groups excluding carboxylic acids is 2. The topological polar surface area (TPSA) is 43.4 Å². The van der Waals surface area contributed by atoms with Gasteiger partial charge < -0.3 is 4.74 Å². The Bertz CT molecular complexity index is 837. The Morgan fingerprint density at radius 2 is 1.81 bits per heavy atom. The van der Waals surface area contributed by atoms with E-state index in [0.29, 0.717) is 10.6 Å². The van der Waals surface area contributed by atoms with Gasteiger partial charge in [0.15, 0.2) is 5.78 Å². The Balaban J connectivity index is 2.55. The van der Waals surface area contributed by atoms with Crippen molar-refractivity contribution in [3.8, 4) is 0 Å². The van der Waals surface area contributed by atoms with Crippen LogP contribution in [0.2, 0.25) is 10.0 Å². The SMILES string of the molecule is CCOC(=O)C(Cl)(C(=O)c1cccc(C)c1)C(Cl)c1ccc(Cl)c(Cl)c1. The van der Waals surface area contributed by atoms with E-state index in [1.807, 2.05) is 13.0 Å². The van der Waals surface area contributed by atoms with Gasteiger partial charge in [0.25, 0.3) is 0 Å². The van der Waals surface area contributed by atoms with Crippen LogP contribution in [-0.4, -0.2) is 23.2 Å². The number of Topliss-reactive ketones (excluding diaryl/α,β-unsaturated/α-hetero) is 1.